The predicted molar refractivity (Wildman–Crippen MR) is 89.6 cm³/mol. The molecule has 0 aliphatic carbocycles. The average Bonchev–Trinajstić information content (AvgIpc) is 2.61. The number of carbonyl (C=O) groups is 1. The number of piperazine rings is 1. The molecule has 9 nitrogen and oxygen atoms in total. The zero-order chi connectivity index (χ0) is 18.2. The molecule has 1 heterocycles. The molecule has 10 heteroatoms. The lowest BCUT2D eigenvalue weighted by molar-refractivity contribution is -0.385. The molecule has 1 unspecified atom stereocenters. The zero-order valence-electron chi connectivity index (χ0n) is 14.5. The van der Waals surface area contributed by atoms with Crippen molar-refractivity contribution in [2.75, 3.05) is 45.9 Å². The molecule has 1 aliphatic rings. The summed E-state index contributed by atoms with van der Waals surface area (Å²) >= 11 is 0. The monoisotopic (exact) mass is 388 g/mol. The molecule has 2 rings (SSSR count). The number of ether oxygens (including phenoxy) is 2. The molecule has 0 bridgehead atoms. The molecular weight excluding hydrogens is 366 g/mol. The summed E-state index contributed by atoms with van der Waals surface area (Å²) in [5.41, 5.74) is -0.127. The highest BCUT2D eigenvalue weighted by atomic mass is 35.5. The van der Waals surface area contributed by atoms with Crippen molar-refractivity contribution in [2.24, 2.45) is 0 Å². The summed E-state index contributed by atoms with van der Waals surface area (Å²) in [6.45, 7) is 4.78. The number of halogens is 1. The molecule has 1 atom stereocenters. The van der Waals surface area contributed by atoms with Gasteiger partial charge in [0.2, 0.25) is 0 Å². The number of rotatable bonds is 7. The van der Waals surface area contributed by atoms with Crippen LogP contribution < -0.4 is 17.1 Å². The number of para-hydroxylation sites is 2. The van der Waals surface area contributed by atoms with Gasteiger partial charge in [0.1, 0.15) is 12.7 Å². The van der Waals surface area contributed by atoms with Crippen molar-refractivity contribution in [3.63, 3.8) is 0 Å². The summed E-state index contributed by atoms with van der Waals surface area (Å²) in [5, 5.41) is 21.0. The molecule has 0 saturated carbocycles. The van der Waals surface area contributed by atoms with Gasteiger partial charge in [-0.2, -0.15) is 0 Å². The lowest BCUT2D eigenvalue weighted by atomic mass is 10.2. The molecule has 0 radical (unpaired) electrons. The molecule has 0 spiro atoms. The first-order valence-electron chi connectivity index (χ1n) is 8.19. The van der Waals surface area contributed by atoms with Crippen LogP contribution in [-0.2, 0) is 4.74 Å². The number of benzene rings is 1. The second-order valence-electron chi connectivity index (χ2n) is 5.68. The fraction of sp³-hybridized carbons (Fsp3) is 0.562. The summed E-state index contributed by atoms with van der Waals surface area (Å²) in [6, 6.07) is 6.06. The number of nitrogens with zero attached hydrogens (tertiary/aromatic N) is 3. The van der Waals surface area contributed by atoms with Gasteiger partial charge < -0.3 is 31.9 Å². The molecule has 1 fully saturated rings. The lowest BCUT2D eigenvalue weighted by Crippen LogP contribution is -3.00. The highest BCUT2D eigenvalue weighted by Gasteiger charge is 2.23. The molecule has 26 heavy (non-hydrogen) atoms. The summed E-state index contributed by atoms with van der Waals surface area (Å²) in [4.78, 5) is 25.7. The van der Waals surface area contributed by atoms with E-state index in [1.165, 1.54) is 12.1 Å². The van der Waals surface area contributed by atoms with Gasteiger partial charge in [0.15, 0.2) is 5.75 Å². The first-order valence-corrected chi connectivity index (χ1v) is 8.19. The number of nitro groups is 1. The second-order valence-corrected chi connectivity index (χ2v) is 5.68. The standard InChI is InChI=1S/C16H23N3O6.ClH/c1-2-24-16(21)18-9-7-17(8-10-18)11-13(20)12-25-15-6-4-3-5-14(15)19(22)23;/h3-6,13,20H,2,7-12H2,1H3;1H/p-1. The van der Waals surface area contributed by atoms with E-state index in [4.69, 9.17) is 9.47 Å². The molecule has 1 aliphatic heterocycles. The number of aliphatic hydroxyl groups is 1. The van der Waals surface area contributed by atoms with E-state index in [2.05, 4.69) is 0 Å². The molecule has 146 valence electrons. The fourth-order valence-corrected chi connectivity index (χ4v) is 2.59. The van der Waals surface area contributed by atoms with Crippen LogP contribution in [0.15, 0.2) is 24.3 Å². The van der Waals surface area contributed by atoms with Crippen LogP contribution in [0.5, 0.6) is 5.75 Å². The Bertz CT molecular complexity index is 595. The minimum absolute atomic E-state index is 0. The van der Waals surface area contributed by atoms with Crippen molar-refractivity contribution in [2.45, 2.75) is 13.0 Å². The van der Waals surface area contributed by atoms with E-state index < -0.39 is 11.0 Å². The molecule has 1 amide bonds. The van der Waals surface area contributed by atoms with Crippen molar-refractivity contribution < 1.29 is 36.7 Å². The Morgan fingerprint density at radius 1 is 1.31 bits per heavy atom. The third kappa shape index (κ3) is 6.32. The number of hydrogen-bond donors (Lipinski definition) is 1. The molecule has 1 N–H and O–H groups in total. The lowest BCUT2D eigenvalue weighted by Gasteiger charge is -2.34. The van der Waals surface area contributed by atoms with Gasteiger partial charge in [0.05, 0.1) is 11.5 Å². The maximum Gasteiger partial charge on any atom is 0.409 e. The molecule has 1 aromatic rings. The van der Waals surface area contributed by atoms with Gasteiger partial charge in [-0.1, -0.05) is 12.1 Å². The fourth-order valence-electron chi connectivity index (χ4n) is 2.59. The molecule has 1 saturated heterocycles. The van der Waals surface area contributed by atoms with Crippen LogP contribution in [0.2, 0.25) is 0 Å². The number of aliphatic hydroxyl groups excluding tert-OH is 1. The van der Waals surface area contributed by atoms with Gasteiger partial charge in [-0.25, -0.2) is 4.79 Å². The van der Waals surface area contributed by atoms with E-state index in [0.29, 0.717) is 39.3 Å². The Hall–Kier alpha value is -2.10. The third-order valence-corrected chi connectivity index (χ3v) is 3.86. The average molecular weight is 389 g/mol. The van der Waals surface area contributed by atoms with Crippen LogP contribution in [0.4, 0.5) is 10.5 Å². The van der Waals surface area contributed by atoms with E-state index in [1.807, 2.05) is 4.90 Å². The maximum absolute atomic E-state index is 11.6. The van der Waals surface area contributed by atoms with Crippen molar-refractivity contribution in [1.82, 2.24) is 9.80 Å². The van der Waals surface area contributed by atoms with Gasteiger partial charge in [0, 0.05) is 38.8 Å². The van der Waals surface area contributed by atoms with Crippen LogP contribution in [0.25, 0.3) is 0 Å². The van der Waals surface area contributed by atoms with E-state index in [0.717, 1.165) is 0 Å². The minimum Gasteiger partial charge on any atom is -1.00 e. The topological polar surface area (TPSA) is 105 Å². The van der Waals surface area contributed by atoms with Crippen LogP contribution in [0, 0.1) is 10.1 Å². The van der Waals surface area contributed by atoms with Crippen LogP contribution in [-0.4, -0.2) is 78.0 Å². The van der Waals surface area contributed by atoms with Gasteiger partial charge in [-0.15, -0.1) is 0 Å². The summed E-state index contributed by atoms with van der Waals surface area (Å²) < 4.78 is 10.4. The van der Waals surface area contributed by atoms with Crippen molar-refractivity contribution in [1.29, 1.82) is 0 Å². The van der Waals surface area contributed by atoms with Gasteiger partial charge >= 0.3 is 11.8 Å². The third-order valence-electron chi connectivity index (χ3n) is 3.86. The number of nitro benzene ring substituents is 1. The number of amides is 1. The van der Waals surface area contributed by atoms with Crippen molar-refractivity contribution in [3.05, 3.63) is 34.4 Å². The van der Waals surface area contributed by atoms with Crippen LogP contribution >= 0.6 is 0 Å². The number of β-amino-alcohol motifs (C(OH)–C–C–N with tert-alkyl or cyclic N) is 1. The van der Waals surface area contributed by atoms with E-state index in [1.54, 1.807) is 24.0 Å². The predicted octanol–water partition coefficient (Wildman–Crippen LogP) is -1.89. The van der Waals surface area contributed by atoms with E-state index in [-0.39, 0.29) is 36.5 Å². The minimum atomic E-state index is -0.783. The summed E-state index contributed by atoms with van der Waals surface area (Å²) in [5.74, 6) is 0.138. The van der Waals surface area contributed by atoms with Gasteiger partial charge in [-0.05, 0) is 13.0 Å². The van der Waals surface area contributed by atoms with Crippen LogP contribution in [0.3, 0.4) is 0 Å². The Morgan fingerprint density at radius 2 is 1.96 bits per heavy atom. The summed E-state index contributed by atoms with van der Waals surface area (Å²) in [7, 11) is 0. The number of carbonyl (C=O) groups excluding carboxylic acids is 1. The first-order chi connectivity index (χ1) is 12.0. The molecule has 1 aromatic carbocycles. The highest BCUT2D eigenvalue weighted by Crippen LogP contribution is 2.25. The van der Waals surface area contributed by atoms with Gasteiger partial charge in [0.25, 0.3) is 0 Å². The Balaban J connectivity index is 0.00000338. The SMILES string of the molecule is CCOC(=O)N1CCN(CC(O)COc2ccccc2[N+](=O)[O-])CC1.[Cl-]. The van der Waals surface area contributed by atoms with Crippen molar-refractivity contribution >= 4 is 11.8 Å². The first kappa shape index (κ1) is 21.9. The van der Waals surface area contributed by atoms with E-state index >= 15 is 0 Å². The maximum atomic E-state index is 11.6. The molecule has 0 aromatic heterocycles. The van der Waals surface area contributed by atoms with Crippen LogP contribution in [0.1, 0.15) is 6.92 Å². The Morgan fingerprint density at radius 3 is 2.58 bits per heavy atom. The van der Waals surface area contributed by atoms with Crippen molar-refractivity contribution in [3.8, 4) is 5.75 Å². The largest absolute Gasteiger partial charge is 1.00 e. The quantitative estimate of drug-likeness (QED) is 0.430. The van der Waals surface area contributed by atoms with E-state index in [9.17, 15) is 20.0 Å². The zero-order valence-corrected chi connectivity index (χ0v) is 15.3. The molecular formula is C16H23ClN3O6-. The Kier molecular flexibility index (Phi) is 9.11. The highest BCUT2D eigenvalue weighted by molar-refractivity contribution is 5.67. The van der Waals surface area contributed by atoms with Gasteiger partial charge in [-0.3, -0.25) is 15.0 Å². The summed E-state index contributed by atoms with van der Waals surface area (Å²) in [6.07, 6.45) is -1.10. The smallest absolute Gasteiger partial charge is 0.409 e. The Labute approximate surface area is 158 Å². The normalized spacial score (nSPS) is 15.7. The number of hydrogen-bond acceptors (Lipinski definition) is 7. The second kappa shape index (κ2) is 10.8.